The average Bonchev–Trinajstić information content (AvgIpc) is 3.54. The molecule has 0 fully saturated rings. The Hall–Kier alpha value is -4.86. The Labute approximate surface area is 230 Å². The molecule has 0 atom stereocenters. The number of anilines is 3. The molecule has 0 aliphatic rings. The maximum absolute atomic E-state index is 2.45. The fourth-order valence-corrected chi connectivity index (χ4v) is 7.00. The molecule has 8 rings (SSSR count). The molecule has 0 amide bonds. The number of nitrogens with zero attached hydrogens (tertiary/aromatic N) is 2. The van der Waals surface area contributed by atoms with Gasteiger partial charge in [-0.25, -0.2) is 0 Å². The van der Waals surface area contributed by atoms with E-state index in [4.69, 9.17) is 0 Å². The highest BCUT2D eigenvalue weighted by atomic mass is 32.1. The van der Waals surface area contributed by atoms with Crippen molar-refractivity contribution in [2.24, 2.45) is 0 Å². The van der Waals surface area contributed by atoms with E-state index in [2.05, 4.69) is 155 Å². The largest absolute Gasteiger partial charge is 0.310 e. The first-order chi connectivity index (χ1) is 19.4. The van der Waals surface area contributed by atoms with Crippen molar-refractivity contribution in [2.75, 3.05) is 4.90 Å². The first kappa shape index (κ1) is 22.2. The van der Waals surface area contributed by atoms with Gasteiger partial charge >= 0.3 is 0 Å². The Bertz CT molecular complexity index is 2070. The number of aromatic nitrogens is 1. The minimum Gasteiger partial charge on any atom is -0.310 e. The maximum atomic E-state index is 2.45. The number of hydrogen-bond acceptors (Lipinski definition) is 2. The van der Waals surface area contributed by atoms with Gasteiger partial charge in [-0.3, -0.25) is 0 Å². The van der Waals surface area contributed by atoms with E-state index in [1.54, 1.807) is 0 Å². The number of rotatable bonds is 4. The van der Waals surface area contributed by atoms with Gasteiger partial charge in [0.1, 0.15) is 0 Å². The molecule has 8 aromatic rings. The molecule has 0 aliphatic heterocycles. The van der Waals surface area contributed by atoms with Gasteiger partial charge in [0.15, 0.2) is 0 Å². The summed E-state index contributed by atoms with van der Waals surface area (Å²) in [5, 5.41) is 5.17. The lowest BCUT2D eigenvalue weighted by Crippen LogP contribution is -2.09. The first-order valence-corrected chi connectivity index (χ1v) is 14.0. The molecule has 0 saturated carbocycles. The van der Waals surface area contributed by atoms with Crippen LogP contribution in [0.15, 0.2) is 146 Å². The Morgan fingerprint density at radius 1 is 0.462 bits per heavy atom. The number of benzene rings is 6. The minimum absolute atomic E-state index is 1.14. The molecule has 3 heteroatoms. The lowest BCUT2D eigenvalue weighted by atomic mass is 10.1. The third-order valence-corrected chi connectivity index (χ3v) is 8.69. The van der Waals surface area contributed by atoms with Gasteiger partial charge in [0.25, 0.3) is 0 Å². The molecule has 184 valence electrons. The van der Waals surface area contributed by atoms with E-state index < -0.39 is 0 Å². The second-order valence-corrected chi connectivity index (χ2v) is 10.9. The van der Waals surface area contributed by atoms with E-state index in [1.165, 1.54) is 47.7 Å². The quantitative estimate of drug-likeness (QED) is 0.226. The molecule has 0 radical (unpaired) electrons. The second kappa shape index (κ2) is 8.87. The van der Waals surface area contributed by atoms with Crippen LogP contribution in [0.5, 0.6) is 0 Å². The normalized spacial score (nSPS) is 11.6. The Balaban J connectivity index is 1.48. The fourth-order valence-electron chi connectivity index (χ4n) is 5.89. The molecule has 0 bridgehead atoms. The van der Waals surface area contributed by atoms with Gasteiger partial charge < -0.3 is 9.47 Å². The summed E-state index contributed by atoms with van der Waals surface area (Å²) in [4.78, 5) is 2.34. The Morgan fingerprint density at radius 3 is 1.82 bits per heavy atom. The van der Waals surface area contributed by atoms with Crippen LogP contribution in [0.4, 0.5) is 17.1 Å². The summed E-state index contributed by atoms with van der Waals surface area (Å²) in [6.45, 7) is 0. The Morgan fingerprint density at radius 2 is 1.10 bits per heavy atom. The summed E-state index contributed by atoms with van der Waals surface area (Å²) in [6, 6.07) is 52.3. The zero-order valence-electron chi connectivity index (χ0n) is 21.2. The molecule has 0 aliphatic carbocycles. The van der Waals surface area contributed by atoms with Crippen molar-refractivity contribution in [3.8, 4) is 5.69 Å². The van der Waals surface area contributed by atoms with E-state index in [0.717, 1.165) is 17.1 Å². The van der Waals surface area contributed by atoms with Gasteiger partial charge in [-0.15, -0.1) is 11.3 Å². The van der Waals surface area contributed by atoms with Gasteiger partial charge in [-0.2, -0.15) is 0 Å². The van der Waals surface area contributed by atoms with Gasteiger partial charge in [-0.05, 0) is 66.7 Å². The van der Waals surface area contributed by atoms with Crippen LogP contribution in [0.2, 0.25) is 0 Å². The van der Waals surface area contributed by atoms with Crippen molar-refractivity contribution < 1.29 is 0 Å². The predicted octanol–water partition coefficient (Wildman–Crippen LogP) is 10.6. The highest BCUT2D eigenvalue weighted by Crippen LogP contribution is 2.44. The van der Waals surface area contributed by atoms with Gasteiger partial charge in [-0.1, -0.05) is 78.9 Å². The molecule has 0 N–H and O–H groups in total. The van der Waals surface area contributed by atoms with E-state index in [1.807, 2.05) is 11.3 Å². The summed E-state index contributed by atoms with van der Waals surface area (Å²) < 4.78 is 5.09. The predicted molar refractivity (Wildman–Crippen MR) is 168 cm³/mol. The summed E-state index contributed by atoms with van der Waals surface area (Å²) in [6.07, 6.45) is 0. The molecule has 0 saturated heterocycles. The standard InChI is InChI=1S/C36H24N2S/c1-4-12-25(13-5-1)37(26-14-6-2-7-15-26)28-20-22-32-31(24-28)29-21-23-34-35(30-18-10-11-19-33(30)39-34)36(29)38(32)27-16-8-3-9-17-27/h1-24H. The monoisotopic (exact) mass is 516 g/mol. The minimum atomic E-state index is 1.14. The lowest BCUT2D eigenvalue weighted by molar-refractivity contribution is 1.19. The van der Waals surface area contributed by atoms with Crippen molar-refractivity contribution >= 4 is 70.4 Å². The highest BCUT2D eigenvalue weighted by molar-refractivity contribution is 7.26. The summed E-state index contributed by atoms with van der Waals surface area (Å²) in [5.74, 6) is 0. The van der Waals surface area contributed by atoms with Crippen molar-refractivity contribution in [1.82, 2.24) is 4.57 Å². The SMILES string of the molecule is c1ccc(N(c2ccccc2)c2ccc3c(c2)c2ccc4sc5ccccc5c4c2n3-c2ccccc2)cc1. The molecule has 2 heterocycles. The van der Waals surface area contributed by atoms with Crippen molar-refractivity contribution in [3.05, 3.63) is 146 Å². The Kier molecular flexibility index (Phi) is 5.04. The van der Waals surface area contributed by atoms with Crippen LogP contribution in [0.1, 0.15) is 0 Å². The molecular formula is C36H24N2S. The smallest absolute Gasteiger partial charge is 0.0634 e. The van der Waals surface area contributed by atoms with Crippen molar-refractivity contribution in [1.29, 1.82) is 0 Å². The molecule has 0 unspecified atom stereocenters. The molecule has 2 aromatic heterocycles. The molecular weight excluding hydrogens is 492 g/mol. The third-order valence-electron chi connectivity index (χ3n) is 7.55. The topological polar surface area (TPSA) is 8.17 Å². The maximum Gasteiger partial charge on any atom is 0.0634 e. The van der Waals surface area contributed by atoms with Crippen LogP contribution in [0.3, 0.4) is 0 Å². The zero-order valence-corrected chi connectivity index (χ0v) is 22.0. The number of thiophene rings is 1. The van der Waals surface area contributed by atoms with E-state index >= 15 is 0 Å². The van der Waals surface area contributed by atoms with Crippen LogP contribution in [-0.4, -0.2) is 4.57 Å². The van der Waals surface area contributed by atoms with Crippen LogP contribution in [-0.2, 0) is 0 Å². The summed E-state index contributed by atoms with van der Waals surface area (Å²) >= 11 is 1.87. The van der Waals surface area contributed by atoms with Gasteiger partial charge in [0.05, 0.1) is 11.0 Å². The van der Waals surface area contributed by atoms with Crippen LogP contribution in [0, 0.1) is 0 Å². The summed E-state index contributed by atoms with van der Waals surface area (Å²) in [5.41, 5.74) is 7.08. The van der Waals surface area contributed by atoms with Crippen molar-refractivity contribution in [2.45, 2.75) is 0 Å². The average molecular weight is 517 g/mol. The van der Waals surface area contributed by atoms with Crippen molar-refractivity contribution in [3.63, 3.8) is 0 Å². The fraction of sp³-hybridized carbons (Fsp3) is 0. The van der Waals surface area contributed by atoms with E-state index in [-0.39, 0.29) is 0 Å². The molecule has 0 spiro atoms. The van der Waals surface area contributed by atoms with E-state index in [9.17, 15) is 0 Å². The molecule has 6 aromatic carbocycles. The lowest BCUT2D eigenvalue weighted by Gasteiger charge is -2.25. The summed E-state index contributed by atoms with van der Waals surface area (Å²) in [7, 11) is 0. The molecule has 39 heavy (non-hydrogen) atoms. The first-order valence-electron chi connectivity index (χ1n) is 13.2. The van der Waals surface area contributed by atoms with Crippen LogP contribution in [0.25, 0.3) is 47.7 Å². The second-order valence-electron chi connectivity index (χ2n) is 9.81. The highest BCUT2D eigenvalue weighted by Gasteiger charge is 2.20. The molecule has 2 nitrogen and oxygen atoms in total. The zero-order chi connectivity index (χ0) is 25.8. The third kappa shape index (κ3) is 3.48. The van der Waals surface area contributed by atoms with Gasteiger partial charge in [0, 0.05) is 53.7 Å². The van der Waals surface area contributed by atoms with E-state index in [0.29, 0.717) is 0 Å². The number of fused-ring (bicyclic) bond motifs is 7. The van der Waals surface area contributed by atoms with Crippen LogP contribution < -0.4 is 4.90 Å². The van der Waals surface area contributed by atoms with Gasteiger partial charge in [0.2, 0.25) is 0 Å². The number of hydrogen-bond donors (Lipinski definition) is 0. The number of para-hydroxylation sites is 3. The van der Waals surface area contributed by atoms with Crippen LogP contribution >= 0.6 is 11.3 Å².